The molecule has 11 heavy (non-hydrogen) atoms. The highest BCUT2D eigenvalue weighted by Gasteiger charge is 2.10. The van der Waals surface area contributed by atoms with E-state index in [1.165, 1.54) is 12.1 Å². The van der Waals surface area contributed by atoms with Gasteiger partial charge in [-0.3, -0.25) is 4.79 Å². The van der Waals surface area contributed by atoms with Crippen molar-refractivity contribution in [1.29, 1.82) is 0 Å². The Morgan fingerprint density at radius 3 is 2.27 bits per heavy atom. The summed E-state index contributed by atoms with van der Waals surface area (Å²) in [6.07, 6.45) is 0.246. The zero-order valence-corrected chi connectivity index (χ0v) is 6.11. The van der Waals surface area contributed by atoms with Gasteiger partial charge in [-0.2, -0.15) is 0 Å². The standard InChI is InChI=1S/C7H9NO3/c1-2-5(9)8-6(10)3-4-7(8)11/h3-4,10-11H,2H2,1H3. The number of carbonyl (C=O) groups excluding carboxylic acids is 1. The minimum atomic E-state index is -0.329. The van der Waals surface area contributed by atoms with Crippen molar-refractivity contribution in [3.8, 4) is 11.8 Å². The molecule has 0 saturated heterocycles. The van der Waals surface area contributed by atoms with Crippen LogP contribution in [-0.4, -0.2) is 20.7 Å². The third-order valence-corrected chi connectivity index (χ3v) is 1.39. The minimum Gasteiger partial charge on any atom is -0.494 e. The lowest BCUT2D eigenvalue weighted by Crippen LogP contribution is -2.06. The first-order chi connectivity index (χ1) is 5.16. The number of aromatic hydroxyl groups is 2. The third-order valence-electron chi connectivity index (χ3n) is 1.39. The average Bonchev–Trinajstić information content (AvgIpc) is 2.30. The first-order valence-electron chi connectivity index (χ1n) is 3.29. The molecule has 0 saturated carbocycles. The van der Waals surface area contributed by atoms with Gasteiger partial charge in [0.2, 0.25) is 17.7 Å². The molecule has 0 bridgehead atoms. The first-order valence-corrected chi connectivity index (χ1v) is 3.29. The second-order valence-corrected chi connectivity index (χ2v) is 2.13. The van der Waals surface area contributed by atoms with E-state index < -0.39 is 0 Å². The van der Waals surface area contributed by atoms with Gasteiger partial charge in [0.05, 0.1) is 0 Å². The molecule has 0 aromatic carbocycles. The van der Waals surface area contributed by atoms with E-state index >= 15 is 0 Å². The van der Waals surface area contributed by atoms with Gasteiger partial charge in [0, 0.05) is 18.6 Å². The summed E-state index contributed by atoms with van der Waals surface area (Å²) >= 11 is 0. The molecule has 0 radical (unpaired) electrons. The monoisotopic (exact) mass is 155 g/mol. The summed E-state index contributed by atoms with van der Waals surface area (Å²) in [5.41, 5.74) is 0. The van der Waals surface area contributed by atoms with E-state index in [0.717, 1.165) is 4.57 Å². The SMILES string of the molecule is CCC(=O)n1c(O)ccc1O. The number of hydrogen-bond acceptors (Lipinski definition) is 3. The van der Waals surface area contributed by atoms with Crippen molar-refractivity contribution in [1.82, 2.24) is 4.57 Å². The maximum atomic E-state index is 11.0. The number of hydrogen-bond donors (Lipinski definition) is 2. The predicted molar refractivity (Wildman–Crippen MR) is 38.7 cm³/mol. The minimum absolute atomic E-state index is 0.227. The van der Waals surface area contributed by atoms with E-state index in [1.807, 2.05) is 0 Å². The van der Waals surface area contributed by atoms with Crippen LogP contribution in [0.4, 0.5) is 0 Å². The van der Waals surface area contributed by atoms with Crippen LogP contribution in [0.15, 0.2) is 12.1 Å². The van der Waals surface area contributed by atoms with Crippen LogP contribution in [-0.2, 0) is 0 Å². The van der Waals surface area contributed by atoms with Gasteiger partial charge in [-0.15, -0.1) is 0 Å². The van der Waals surface area contributed by atoms with Gasteiger partial charge < -0.3 is 10.2 Å². The fourth-order valence-electron chi connectivity index (χ4n) is 0.829. The summed E-state index contributed by atoms with van der Waals surface area (Å²) in [5.74, 6) is -0.784. The van der Waals surface area contributed by atoms with Gasteiger partial charge in [-0.05, 0) is 0 Å². The Bertz CT molecular complexity index is 258. The Labute approximate surface area is 63.7 Å². The smallest absolute Gasteiger partial charge is 0.235 e. The van der Waals surface area contributed by atoms with Crippen LogP contribution in [0.5, 0.6) is 11.8 Å². The van der Waals surface area contributed by atoms with Crippen molar-refractivity contribution in [2.45, 2.75) is 13.3 Å². The molecule has 0 unspecified atom stereocenters. The van der Waals surface area contributed by atoms with E-state index in [1.54, 1.807) is 6.92 Å². The molecule has 1 rings (SSSR count). The van der Waals surface area contributed by atoms with Gasteiger partial charge in [0.15, 0.2) is 0 Å². The Morgan fingerprint density at radius 1 is 1.45 bits per heavy atom. The molecule has 0 aliphatic carbocycles. The highest BCUT2D eigenvalue weighted by Crippen LogP contribution is 2.20. The number of carbonyl (C=O) groups is 1. The van der Waals surface area contributed by atoms with Crippen LogP contribution < -0.4 is 0 Å². The van der Waals surface area contributed by atoms with Gasteiger partial charge in [0.1, 0.15) is 0 Å². The molecule has 0 amide bonds. The van der Waals surface area contributed by atoms with E-state index in [0.29, 0.717) is 0 Å². The van der Waals surface area contributed by atoms with Crippen molar-refractivity contribution in [2.24, 2.45) is 0 Å². The number of aromatic nitrogens is 1. The third kappa shape index (κ3) is 1.19. The summed E-state index contributed by atoms with van der Waals surface area (Å²) in [4.78, 5) is 11.0. The van der Waals surface area contributed by atoms with E-state index in [4.69, 9.17) is 10.2 Å². The van der Waals surface area contributed by atoms with E-state index in [2.05, 4.69) is 0 Å². The molecule has 4 nitrogen and oxygen atoms in total. The molecule has 2 N–H and O–H groups in total. The van der Waals surface area contributed by atoms with Crippen molar-refractivity contribution in [3.63, 3.8) is 0 Å². The van der Waals surface area contributed by atoms with Gasteiger partial charge >= 0.3 is 0 Å². The molecular formula is C7H9NO3. The predicted octanol–water partition coefficient (Wildman–Crippen LogP) is 0.949. The number of nitrogens with zero attached hydrogens (tertiary/aromatic N) is 1. The largest absolute Gasteiger partial charge is 0.494 e. The maximum absolute atomic E-state index is 11.0. The Morgan fingerprint density at radius 2 is 1.91 bits per heavy atom. The van der Waals surface area contributed by atoms with Crippen LogP contribution in [0.3, 0.4) is 0 Å². The lowest BCUT2D eigenvalue weighted by atomic mass is 10.4. The molecule has 0 fully saturated rings. The highest BCUT2D eigenvalue weighted by atomic mass is 16.3. The molecule has 0 aliphatic heterocycles. The summed E-state index contributed by atoms with van der Waals surface area (Å²) < 4.78 is 0.861. The summed E-state index contributed by atoms with van der Waals surface area (Å²) in [7, 11) is 0. The Kier molecular flexibility index (Phi) is 1.85. The molecule has 1 heterocycles. The van der Waals surface area contributed by atoms with Crippen LogP contribution in [0, 0.1) is 0 Å². The topological polar surface area (TPSA) is 62.5 Å². The summed E-state index contributed by atoms with van der Waals surface area (Å²) in [6, 6.07) is 2.53. The zero-order valence-electron chi connectivity index (χ0n) is 6.11. The van der Waals surface area contributed by atoms with Crippen molar-refractivity contribution in [3.05, 3.63) is 12.1 Å². The molecule has 4 heteroatoms. The maximum Gasteiger partial charge on any atom is 0.235 e. The molecule has 1 aromatic heterocycles. The van der Waals surface area contributed by atoms with Crippen molar-refractivity contribution >= 4 is 5.91 Å². The average molecular weight is 155 g/mol. The van der Waals surface area contributed by atoms with Crippen LogP contribution in [0.1, 0.15) is 18.1 Å². The van der Waals surface area contributed by atoms with E-state index in [9.17, 15) is 4.79 Å². The molecule has 0 spiro atoms. The van der Waals surface area contributed by atoms with Crippen LogP contribution in [0.25, 0.3) is 0 Å². The quantitative estimate of drug-likeness (QED) is 0.634. The molecule has 1 aromatic rings. The van der Waals surface area contributed by atoms with Crippen molar-refractivity contribution in [2.75, 3.05) is 0 Å². The lowest BCUT2D eigenvalue weighted by Gasteiger charge is -2.01. The van der Waals surface area contributed by atoms with Crippen LogP contribution >= 0.6 is 0 Å². The number of rotatable bonds is 1. The normalized spacial score (nSPS) is 9.91. The molecule has 0 atom stereocenters. The summed E-state index contributed by atoms with van der Waals surface area (Å²) in [5, 5.41) is 18.0. The fourth-order valence-corrected chi connectivity index (χ4v) is 0.829. The Hall–Kier alpha value is -1.45. The lowest BCUT2D eigenvalue weighted by molar-refractivity contribution is 0.0890. The van der Waals surface area contributed by atoms with Crippen LogP contribution in [0.2, 0.25) is 0 Å². The Balaban J connectivity index is 3.10. The molecule has 60 valence electrons. The fraction of sp³-hybridized carbons (Fsp3) is 0.286. The van der Waals surface area contributed by atoms with Gasteiger partial charge in [-0.25, -0.2) is 4.57 Å². The highest BCUT2D eigenvalue weighted by molar-refractivity contribution is 5.81. The molecule has 0 aliphatic rings. The molecular weight excluding hydrogens is 146 g/mol. The second-order valence-electron chi connectivity index (χ2n) is 2.13. The summed E-state index contributed by atoms with van der Waals surface area (Å²) in [6.45, 7) is 1.65. The van der Waals surface area contributed by atoms with Crippen molar-refractivity contribution < 1.29 is 15.0 Å². The second kappa shape index (κ2) is 2.65. The van der Waals surface area contributed by atoms with Gasteiger partial charge in [-0.1, -0.05) is 6.92 Å². The van der Waals surface area contributed by atoms with Gasteiger partial charge in [0.25, 0.3) is 0 Å². The van der Waals surface area contributed by atoms with E-state index in [-0.39, 0.29) is 24.1 Å². The zero-order chi connectivity index (χ0) is 8.43. The first kappa shape index (κ1) is 7.65.